The van der Waals surface area contributed by atoms with E-state index in [0.29, 0.717) is 17.5 Å². The van der Waals surface area contributed by atoms with Crippen LogP contribution in [0.2, 0.25) is 0 Å². The van der Waals surface area contributed by atoms with Crippen molar-refractivity contribution in [3.63, 3.8) is 0 Å². The van der Waals surface area contributed by atoms with E-state index in [-0.39, 0.29) is 11.3 Å². The lowest BCUT2D eigenvalue weighted by Gasteiger charge is -2.13. The van der Waals surface area contributed by atoms with Gasteiger partial charge in [0.15, 0.2) is 0 Å². The van der Waals surface area contributed by atoms with Crippen molar-refractivity contribution < 1.29 is 19.4 Å². The second-order valence-electron chi connectivity index (χ2n) is 3.87. The van der Waals surface area contributed by atoms with Crippen molar-refractivity contribution in [3.05, 3.63) is 28.2 Å². The van der Waals surface area contributed by atoms with Gasteiger partial charge in [-0.15, -0.1) is 0 Å². The van der Waals surface area contributed by atoms with Gasteiger partial charge in [-0.2, -0.15) is 0 Å². The van der Waals surface area contributed by atoms with E-state index >= 15 is 0 Å². The van der Waals surface area contributed by atoms with Crippen LogP contribution in [0.3, 0.4) is 0 Å². The minimum absolute atomic E-state index is 0.00154. The lowest BCUT2D eigenvalue weighted by Crippen LogP contribution is -2.36. The van der Waals surface area contributed by atoms with Gasteiger partial charge in [0.1, 0.15) is 0 Å². The number of ether oxygens (including phenoxy) is 1. The second-order valence-corrected chi connectivity index (χ2v) is 4.79. The minimum atomic E-state index is -1.12. The molecule has 1 rings (SSSR count). The first-order chi connectivity index (χ1) is 8.95. The average molecular weight is 331 g/mol. The molecule has 0 heterocycles. The molecule has 19 heavy (non-hydrogen) atoms. The molecule has 1 atom stereocenters. The zero-order chi connectivity index (χ0) is 14.4. The maximum Gasteiger partial charge on any atom is 0.337 e. The normalized spacial score (nSPS) is 11.9. The van der Waals surface area contributed by atoms with Gasteiger partial charge in [-0.3, -0.25) is 4.79 Å². The Kier molecular flexibility index (Phi) is 5.94. The SMILES string of the molecule is COCCC(N)C(=O)Nc1ccc(Br)cc1C(=O)O. The van der Waals surface area contributed by atoms with Crippen LogP contribution < -0.4 is 11.1 Å². The summed E-state index contributed by atoms with van der Waals surface area (Å²) in [6.45, 7) is 0.362. The van der Waals surface area contributed by atoms with Crippen molar-refractivity contribution >= 4 is 33.5 Å². The Morgan fingerprint density at radius 2 is 2.21 bits per heavy atom. The summed E-state index contributed by atoms with van der Waals surface area (Å²) in [7, 11) is 1.52. The predicted molar refractivity (Wildman–Crippen MR) is 74.2 cm³/mol. The number of halogens is 1. The lowest BCUT2D eigenvalue weighted by molar-refractivity contribution is -0.117. The van der Waals surface area contributed by atoms with Crippen LogP contribution >= 0.6 is 15.9 Å². The van der Waals surface area contributed by atoms with E-state index in [0.717, 1.165) is 0 Å². The highest BCUT2D eigenvalue weighted by Gasteiger charge is 2.17. The third-order valence-electron chi connectivity index (χ3n) is 2.44. The highest BCUT2D eigenvalue weighted by atomic mass is 79.9. The minimum Gasteiger partial charge on any atom is -0.478 e. The van der Waals surface area contributed by atoms with E-state index < -0.39 is 17.9 Å². The molecule has 1 amide bonds. The number of carboxylic acids is 1. The quantitative estimate of drug-likeness (QED) is 0.732. The van der Waals surface area contributed by atoms with Crippen molar-refractivity contribution in [2.75, 3.05) is 19.0 Å². The molecular weight excluding hydrogens is 316 g/mol. The highest BCUT2D eigenvalue weighted by Crippen LogP contribution is 2.21. The number of carboxylic acid groups (broad SMARTS) is 1. The Bertz CT molecular complexity index is 479. The molecule has 0 radical (unpaired) electrons. The van der Waals surface area contributed by atoms with Crippen LogP contribution in [0.4, 0.5) is 5.69 Å². The monoisotopic (exact) mass is 330 g/mol. The topological polar surface area (TPSA) is 102 Å². The molecule has 0 saturated heterocycles. The Labute approximate surface area is 119 Å². The molecule has 0 aromatic heterocycles. The van der Waals surface area contributed by atoms with Crippen LogP contribution in [-0.4, -0.2) is 36.7 Å². The van der Waals surface area contributed by atoms with Gasteiger partial charge in [0.2, 0.25) is 5.91 Å². The third kappa shape index (κ3) is 4.62. The largest absolute Gasteiger partial charge is 0.478 e. The summed E-state index contributed by atoms with van der Waals surface area (Å²) < 4.78 is 5.45. The number of aromatic carboxylic acids is 1. The molecule has 1 unspecified atom stereocenters. The summed E-state index contributed by atoms with van der Waals surface area (Å²) in [4.78, 5) is 22.9. The molecule has 0 spiro atoms. The van der Waals surface area contributed by atoms with E-state index in [1.54, 1.807) is 6.07 Å². The van der Waals surface area contributed by atoms with Crippen LogP contribution in [0.15, 0.2) is 22.7 Å². The fourth-order valence-corrected chi connectivity index (χ4v) is 1.76. The summed E-state index contributed by atoms with van der Waals surface area (Å²) >= 11 is 3.18. The van der Waals surface area contributed by atoms with E-state index in [1.807, 2.05) is 0 Å². The van der Waals surface area contributed by atoms with Crippen LogP contribution in [0, 0.1) is 0 Å². The molecule has 104 valence electrons. The first-order valence-corrected chi connectivity index (χ1v) is 6.33. The molecule has 0 aliphatic heterocycles. The number of anilines is 1. The standard InChI is InChI=1S/C12H15BrN2O4/c1-19-5-4-9(14)11(16)15-10-3-2-7(13)6-8(10)12(17)18/h2-3,6,9H,4-5,14H2,1H3,(H,15,16)(H,17,18). The van der Waals surface area contributed by atoms with Gasteiger partial charge in [-0.05, 0) is 24.6 Å². The fourth-order valence-electron chi connectivity index (χ4n) is 1.40. The maximum absolute atomic E-state index is 11.8. The molecule has 0 saturated carbocycles. The molecule has 4 N–H and O–H groups in total. The number of nitrogens with one attached hydrogen (secondary N) is 1. The van der Waals surface area contributed by atoms with Crippen molar-refractivity contribution in [2.45, 2.75) is 12.5 Å². The summed E-state index contributed by atoms with van der Waals surface area (Å²) in [6.07, 6.45) is 0.362. The zero-order valence-electron chi connectivity index (χ0n) is 10.4. The Balaban J connectivity index is 2.81. The average Bonchev–Trinajstić information content (AvgIpc) is 2.37. The van der Waals surface area contributed by atoms with Gasteiger partial charge in [0, 0.05) is 18.2 Å². The van der Waals surface area contributed by atoms with Gasteiger partial charge < -0.3 is 20.9 Å². The molecule has 0 bridgehead atoms. The number of hydrogen-bond donors (Lipinski definition) is 3. The molecule has 1 aromatic rings. The van der Waals surface area contributed by atoms with Gasteiger partial charge in [-0.25, -0.2) is 4.79 Å². The van der Waals surface area contributed by atoms with Crippen LogP contribution in [0.25, 0.3) is 0 Å². The molecule has 6 nitrogen and oxygen atoms in total. The molecule has 0 aliphatic rings. The second kappa shape index (κ2) is 7.22. The lowest BCUT2D eigenvalue weighted by atomic mass is 10.1. The summed E-state index contributed by atoms with van der Waals surface area (Å²) in [6, 6.07) is 3.82. The van der Waals surface area contributed by atoms with E-state index in [9.17, 15) is 9.59 Å². The molecule has 0 aliphatic carbocycles. The first kappa shape index (κ1) is 15.6. The summed E-state index contributed by atoms with van der Waals surface area (Å²) in [5, 5.41) is 11.6. The number of benzene rings is 1. The number of carbonyl (C=O) groups excluding carboxylic acids is 1. The molecule has 1 aromatic carbocycles. The van der Waals surface area contributed by atoms with Crippen molar-refractivity contribution in [1.82, 2.24) is 0 Å². The zero-order valence-corrected chi connectivity index (χ0v) is 11.9. The maximum atomic E-state index is 11.8. The number of rotatable bonds is 6. The molecular formula is C12H15BrN2O4. The van der Waals surface area contributed by atoms with E-state index in [4.69, 9.17) is 15.6 Å². The Morgan fingerprint density at radius 1 is 1.53 bits per heavy atom. The number of carbonyl (C=O) groups is 2. The number of amides is 1. The number of methoxy groups -OCH3 is 1. The predicted octanol–water partition coefficient (Wildman–Crippen LogP) is 1.45. The van der Waals surface area contributed by atoms with Gasteiger partial charge in [-0.1, -0.05) is 15.9 Å². The highest BCUT2D eigenvalue weighted by molar-refractivity contribution is 9.10. The van der Waals surface area contributed by atoms with E-state index in [1.165, 1.54) is 19.2 Å². The summed E-state index contributed by atoms with van der Waals surface area (Å²) in [5.41, 5.74) is 5.88. The van der Waals surface area contributed by atoms with Crippen LogP contribution in [-0.2, 0) is 9.53 Å². The number of nitrogens with two attached hydrogens (primary N) is 1. The van der Waals surface area contributed by atoms with Gasteiger partial charge in [0.05, 0.1) is 17.3 Å². The smallest absolute Gasteiger partial charge is 0.337 e. The van der Waals surface area contributed by atoms with Gasteiger partial charge >= 0.3 is 5.97 Å². The Morgan fingerprint density at radius 3 is 2.79 bits per heavy atom. The van der Waals surface area contributed by atoms with Crippen LogP contribution in [0.5, 0.6) is 0 Å². The van der Waals surface area contributed by atoms with Crippen molar-refractivity contribution in [3.8, 4) is 0 Å². The van der Waals surface area contributed by atoms with Crippen LogP contribution in [0.1, 0.15) is 16.8 Å². The summed E-state index contributed by atoms with van der Waals surface area (Å²) in [5.74, 6) is -1.57. The third-order valence-corrected chi connectivity index (χ3v) is 2.93. The molecule has 7 heteroatoms. The van der Waals surface area contributed by atoms with Crippen molar-refractivity contribution in [1.29, 1.82) is 0 Å². The molecule has 0 fully saturated rings. The Hall–Kier alpha value is -1.44. The van der Waals surface area contributed by atoms with Crippen molar-refractivity contribution in [2.24, 2.45) is 5.73 Å². The fraction of sp³-hybridized carbons (Fsp3) is 0.333. The first-order valence-electron chi connectivity index (χ1n) is 5.54. The van der Waals surface area contributed by atoms with Gasteiger partial charge in [0.25, 0.3) is 0 Å². The number of hydrogen-bond acceptors (Lipinski definition) is 4. The van der Waals surface area contributed by atoms with E-state index in [2.05, 4.69) is 21.2 Å².